The summed E-state index contributed by atoms with van der Waals surface area (Å²) in [5.74, 6) is 3.53. The molecule has 0 aliphatic heterocycles. The first-order chi connectivity index (χ1) is 14.8. The van der Waals surface area contributed by atoms with Crippen LogP contribution in [-0.4, -0.2) is 10.2 Å². The van der Waals surface area contributed by atoms with E-state index in [4.69, 9.17) is 0 Å². The summed E-state index contributed by atoms with van der Waals surface area (Å²) in [7, 11) is 0. The molecule has 4 rings (SSSR count). The maximum atomic E-state index is 10.4. The van der Waals surface area contributed by atoms with Gasteiger partial charge in [0.1, 0.15) is 11.5 Å². The molecule has 168 valence electrons. The molecular weight excluding hydrogens is 380 g/mol. The van der Waals surface area contributed by atoms with Crippen molar-refractivity contribution in [2.75, 3.05) is 0 Å². The molecule has 2 nitrogen and oxygen atoms in total. The lowest BCUT2D eigenvalue weighted by Crippen LogP contribution is -2.36. The van der Waals surface area contributed by atoms with E-state index in [1.165, 1.54) is 51.4 Å². The largest absolute Gasteiger partial charge is 0.508 e. The van der Waals surface area contributed by atoms with Crippen LogP contribution in [0.5, 0.6) is 11.5 Å². The second kappa shape index (κ2) is 8.88. The third kappa shape index (κ3) is 4.64. The molecule has 0 heterocycles. The summed E-state index contributed by atoms with van der Waals surface area (Å²) < 4.78 is 0. The van der Waals surface area contributed by atoms with Gasteiger partial charge in [-0.3, -0.25) is 0 Å². The quantitative estimate of drug-likeness (QED) is 0.526. The summed E-state index contributed by atoms with van der Waals surface area (Å²) in [6, 6.07) is 12.4. The first-order valence-electron chi connectivity index (χ1n) is 12.3. The molecule has 2 aliphatic carbocycles. The summed E-state index contributed by atoms with van der Waals surface area (Å²) >= 11 is 0. The van der Waals surface area contributed by atoms with Crippen molar-refractivity contribution >= 4 is 0 Å². The first-order valence-corrected chi connectivity index (χ1v) is 12.3. The third-order valence-electron chi connectivity index (χ3n) is 8.81. The number of phenolic OH excluding ortho intramolecular Hbond substituents is 2. The van der Waals surface area contributed by atoms with Crippen LogP contribution in [0.25, 0.3) is 0 Å². The van der Waals surface area contributed by atoms with Crippen molar-refractivity contribution in [1.29, 1.82) is 0 Å². The number of aryl methyl sites for hydroxylation is 2. The highest BCUT2D eigenvalue weighted by molar-refractivity contribution is 5.39. The minimum absolute atomic E-state index is 0.362. The van der Waals surface area contributed by atoms with Gasteiger partial charge in [-0.2, -0.15) is 0 Å². The van der Waals surface area contributed by atoms with Gasteiger partial charge in [-0.05, 0) is 129 Å². The van der Waals surface area contributed by atoms with Crippen molar-refractivity contribution in [2.45, 2.75) is 90.9 Å². The van der Waals surface area contributed by atoms with Crippen LogP contribution in [0.1, 0.15) is 99.3 Å². The molecule has 0 radical (unpaired) electrons. The molecule has 2 heteroatoms. The van der Waals surface area contributed by atoms with Crippen molar-refractivity contribution in [3.05, 3.63) is 58.7 Å². The molecule has 0 bridgehead atoms. The van der Waals surface area contributed by atoms with E-state index >= 15 is 0 Å². The summed E-state index contributed by atoms with van der Waals surface area (Å²) in [5, 5.41) is 20.8. The zero-order valence-electron chi connectivity index (χ0n) is 19.8. The summed E-state index contributed by atoms with van der Waals surface area (Å²) in [4.78, 5) is 0. The van der Waals surface area contributed by atoms with E-state index in [1.807, 2.05) is 26.0 Å². The van der Waals surface area contributed by atoms with Gasteiger partial charge in [0.2, 0.25) is 0 Å². The molecule has 0 saturated heterocycles. The van der Waals surface area contributed by atoms with Gasteiger partial charge in [-0.1, -0.05) is 38.1 Å². The minimum Gasteiger partial charge on any atom is -0.508 e. The van der Waals surface area contributed by atoms with Crippen LogP contribution in [0.3, 0.4) is 0 Å². The predicted octanol–water partition coefficient (Wildman–Crippen LogP) is 7.99. The maximum absolute atomic E-state index is 10.4. The normalized spacial score (nSPS) is 27.2. The van der Waals surface area contributed by atoms with Crippen LogP contribution < -0.4 is 0 Å². The highest BCUT2D eigenvalue weighted by Crippen LogP contribution is 2.53. The highest BCUT2D eigenvalue weighted by Gasteiger charge is 2.41. The third-order valence-corrected chi connectivity index (χ3v) is 8.81. The molecule has 2 fully saturated rings. The fourth-order valence-electron chi connectivity index (χ4n) is 6.63. The molecule has 2 aliphatic rings. The number of aromatic hydroxyl groups is 2. The molecule has 0 atom stereocenters. The van der Waals surface area contributed by atoms with E-state index in [0.29, 0.717) is 28.7 Å². The molecule has 0 unspecified atom stereocenters. The summed E-state index contributed by atoms with van der Waals surface area (Å²) in [5.41, 5.74) is 4.93. The monoisotopic (exact) mass is 420 g/mol. The van der Waals surface area contributed by atoms with Gasteiger partial charge in [0.05, 0.1) is 0 Å². The smallest absolute Gasteiger partial charge is 0.119 e. The Bertz CT molecular complexity index is 823. The fraction of sp³-hybridized carbons (Fsp3) is 0.586. The number of benzene rings is 2. The van der Waals surface area contributed by atoms with E-state index in [1.54, 1.807) is 0 Å². The SMILES string of the molecule is Cc1ccc(C2CCC(C(C)(C)C3CCC(c4ccc(C)cc4O)CC3)CC2)c(O)c1. The van der Waals surface area contributed by atoms with Gasteiger partial charge >= 0.3 is 0 Å². The number of hydrogen-bond donors (Lipinski definition) is 2. The Morgan fingerprint density at radius 3 is 1.29 bits per heavy atom. The van der Waals surface area contributed by atoms with Crippen molar-refractivity contribution in [2.24, 2.45) is 17.3 Å². The standard InChI is InChI=1S/C29H40O2/c1-19-5-15-25(27(30)17-19)21-7-11-23(12-8-21)29(3,4)24-13-9-22(10-14-24)26-16-6-20(2)18-28(26)31/h5-6,15-18,21-24,30-31H,7-14H2,1-4H3. The first kappa shape index (κ1) is 22.2. The molecule has 2 saturated carbocycles. The average Bonchev–Trinajstić information content (AvgIpc) is 2.74. The maximum Gasteiger partial charge on any atom is 0.119 e. The van der Waals surface area contributed by atoms with Crippen LogP contribution in [-0.2, 0) is 0 Å². The Labute approximate surface area is 188 Å². The summed E-state index contributed by atoms with van der Waals surface area (Å²) in [6.45, 7) is 9.10. The lowest BCUT2D eigenvalue weighted by molar-refractivity contribution is 0.0510. The van der Waals surface area contributed by atoms with E-state index in [9.17, 15) is 10.2 Å². The molecule has 0 spiro atoms. The Morgan fingerprint density at radius 2 is 0.968 bits per heavy atom. The number of hydrogen-bond acceptors (Lipinski definition) is 2. The second-order valence-electron chi connectivity index (χ2n) is 11.0. The van der Waals surface area contributed by atoms with Crippen LogP contribution in [0.2, 0.25) is 0 Å². The molecule has 2 N–H and O–H groups in total. The zero-order valence-corrected chi connectivity index (χ0v) is 19.8. The Morgan fingerprint density at radius 1 is 0.613 bits per heavy atom. The van der Waals surface area contributed by atoms with Gasteiger partial charge in [0, 0.05) is 0 Å². The van der Waals surface area contributed by atoms with Crippen molar-refractivity contribution in [3.8, 4) is 11.5 Å². The molecule has 0 aromatic heterocycles. The zero-order chi connectivity index (χ0) is 22.2. The number of rotatable bonds is 4. The Balaban J connectivity index is 1.35. The Kier molecular flexibility index (Phi) is 6.37. The van der Waals surface area contributed by atoms with Crippen LogP contribution in [0.15, 0.2) is 36.4 Å². The second-order valence-corrected chi connectivity index (χ2v) is 11.0. The van der Waals surface area contributed by atoms with E-state index in [-0.39, 0.29) is 0 Å². The van der Waals surface area contributed by atoms with E-state index < -0.39 is 0 Å². The lowest BCUT2D eigenvalue weighted by atomic mass is 9.58. The topological polar surface area (TPSA) is 40.5 Å². The molecule has 2 aromatic carbocycles. The fourth-order valence-corrected chi connectivity index (χ4v) is 6.63. The van der Waals surface area contributed by atoms with Gasteiger partial charge in [0.25, 0.3) is 0 Å². The van der Waals surface area contributed by atoms with E-state index in [2.05, 4.69) is 38.1 Å². The average molecular weight is 421 g/mol. The molecule has 0 amide bonds. The molecule has 2 aromatic rings. The minimum atomic E-state index is 0.362. The lowest BCUT2D eigenvalue weighted by Gasteiger charge is -2.47. The van der Waals surface area contributed by atoms with Crippen molar-refractivity contribution in [3.63, 3.8) is 0 Å². The predicted molar refractivity (Wildman–Crippen MR) is 129 cm³/mol. The molecular formula is C29H40O2. The van der Waals surface area contributed by atoms with Crippen LogP contribution in [0, 0.1) is 31.1 Å². The molecule has 31 heavy (non-hydrogen) atoms. The number of phenols is 2. The summed E-state index contributed by atoms with van der Waals surface area (Å²) in [6.07, 6.45) is 9.84. The van der Waals surface area contributed by atoms with Crippen LogP contribution in [0.4, 0.5) is 0 Å². The van der Waals surface area contributed by atoms with Gasteiger partial charge in [0.15, 0.2) is 0 Å². The van der Waals surface area contributed by atoms with Crippen LogP contribution >= 0.6 is 0 Å². The van der Waals surface area contributed by atoms with Gasteiger partial charge in [-0.25, -0.2) is 0 Å². The van der Waals surface area contributed by atoms with E-state index in [0.717, 1.165) is 34.1 Å². The Hall–Kier alpha value is -1.96. The van der Waals surface area contributed by atoms with Gasteiger partial charge < -0.3 is 10.2 Å². The van der Waals surface area contributed by atoms with Gasteiger partial charge in [-0.15, -0.1) is 0 Å². The highest BCUT2D eigenvalue weighted by atomic mass is 16.3. The van der Waals surface area contributed by atoms with Crippen molar-refractivity contribution < 1.29 is 10.2 Å². The van der Waals surface area contributed by atoms with Crippen molar-refractivity contribution in [1.82, 2.24) is 0 Å².